The first-order valence-electron chi connectivity index (χ1n) is 9.49. The van der Waals surface area contributed by atoms with Crippen LogP contribution in [0.3, 0.4) is 0 Å². The number of hydrogen-bond acceptors (Lipinski definition) is 4. The number of nitrogens with one attached hydrogen (secondary N) is 1. The van der Waals surface area contributed by atoms with Gasteiger partial charge in [0.05, 0.1) is 11.2 Å². The summed E-state index contributed by atoms with van der Waals surface area (Å²) < 4.78 is 31.4. The van der Waals surface area contributed by atoms with Gasteiger partial charge in [-0.1, -0.05) is 12.1 Å². The first kappa shape index (κ1) is 22.4. The Bertz CT molecular complexity index is 732. The van der Waals surface area contributed by atoms with Crippen molar-refractivity contribution < 1.29 is 23.2 Å². The number of carbonyl (C=O) groups excluding carboxylic acids is 1. The zero-order chi connectivity index (χ0) is 21.3. The normalized spacial score (nSPS) is 18.9. The Hall–Kier alpha value is -1.86. The fourth-order valence-electron chi connectivity index (χ4n) is 2.75. The zero-order valence-electron chi connectivity index (χ0n) is 18.1. The molecule has 0 unspecified atom stereocenters. The van der Waals surface area contributed by atoms with Gasteiger partial charge in [-0.05, 0) is 84.1 Å². The molecule has 0 saturated carbocycles. The average Bonchev–Trinajstić information content (AvgIpc) is 2.68. The molecule has 1 amide bonds. The molecule has 0 radical (unpaired) electrons. The molecule has 2 rings (SSSR count). The maximum absolute atomic E-state index is 13.8. The molecule has 1 heterocycles. The first-order chi connectivity index (χ1) is 12.7. The van der Waals surface area contributed by atoms with Crippen molar-refractivity contribution in [1.82, 2.24) is 5.32 Å². The number of aryl methyl sites for hydroxylation is 1. The van der Waals surface area contributed by atoms with E-state index < -0.39 is 30.0 Å². The maximum Gasteiger partial charge on any atom is 0.492 e. The van der Waals surface area contributed by atoms with E-state index in [1.54, 1.807) is 26.8 Å². The Morgan fingerprint density at radius 2 is 1.75 bits per heavy atom. The van der Waals surface area contributed by atoms with Gasteiger partial charge < -0.3 is 19.4 Å². The Morgan fingerprint density at radius 3 is 2.25 bits per heavy atom. The molecule has 1 aromatic carbocycles. The van der Waals surface area contributed by atoms with Crippen LogP contribution in [0.1, 0.15) is 59.6 Å². The smallest absolute Gasteiger partial charge is 0.444 e. The molecule has 1 fully saturated rings. The van der Waals surface area contributed by atoms with Gasteiger partial charge in [0.1, 0.15) is 11.4 Å². The van der Waals surface area contributed by atoms with E-state index in [-0.39, 0.29) is 12.4 Å². The molecular formula is C21H31BFNO4. The van der Waals surface area contributed by atoms with E-state index in [4.69, 9.17) is 14.0 Å². The monoisotopic (exact) mass is 391 g/mol. The molecule has 0 aliphatic carbocycles. The minimum Gasteiger partial charge on any atom is -0.444 e. The predicted molar refractivity (Wildman–Crippen MR) is 109 cm³/mol. The Kier molecular flexibility index (Phi) is 6.31. The molecule has 0 spiro atoms. The number of hydrogen-bond donors (Lipinski definition) is 1. The van der Waals surface area contributed by atoms with Crippen molar-refractivity contribution in [2.75, 3.05) is 6.54 Å². The summed E-state index contributed by atoms with van der Waals surface area (Å²) in [6.45, 7) is 15.2. The first-order valence-corrected chi connectivity index (χ1v) is 9.49. The highest BCUT2D eigenvalue weighted by molar-refractivity contribution is 6.56. The maximum atomic E-state index is 13.8. The van der Waals surface area contributed by atoms with Crippen LogP contribution in [-0.4, -0.2) is 36.6 Å². The summed E-state index contributed by atoms with van der Waals surface area (Å²) >= 11 is 0. The Balaban J connectivity index is 2.28. The summed E-state index contributed by atoms with van der Waals surface area (Å²) in [6, 6.07) is 4.76. The van der Waals surface area contributed by atoms with Gasteiger partial charge >= 0.3 is 13.2 Å². The lowest BCUT2D eigenvalue weighted by Gasteiger charge is -2.32. The quantitative estimate of drug-likeness (QED) is 0.758. The van der Waals surface area contributed by atoms with E-state index in [1.807, 2.05) is 40.7 Å². The minimum absolute atomic E-state index is 0.154. The van der Waals surface area contributed by atoms with Crippen molar-refractivity contribution in [1.29, 1.82) is 0 Å². The lowest BCUT2D eigenvalue weighted by Crippen LogP contribution is -2.41. The summed E-state index contributed by atoms with van der Waals surface area (Å²) in [5.41, 5.74) is 0.501. The van der Waals surface area contributed by atoms with Crippen LogP contribution < -0.4 is 5.32 Å². The van der Waals surface area contributed by atoms with Crippen LogP contribution in [0.4, 0.5) is 9.18 Å². The molecule has 1 aliphatic rings. The molecule has 154 valence electrons. The van der Waals surface area contributed by atoms with E-state index in [2.05, 4.69) is 5.32 Å². The molecule has 5 nitrogen and oxygen atoms in total. The SMILES string of the molecule is Cc1cc(F)cc(C=C(CNC(=O)OC(C)(C)C)B2OC(C)(C)C(C)(C)O2)c1. The van der Waals surface area contributed by atoms with Gasteiger partial charge in [-0.15, -0.1) is 0 Å². The highest BCUT2D eigenvalue weighted by atomic mass is 19.1. The van der Waals surface area contributed by atoms with Crippen molar-refractivity contribution in [2.24, 2.45) is 0 Å². The topological polar surface area (TPSA) is 56.8 Å². The highest BCUT2D eigenvalue weighted by Gasteiger charge is 2.52. The molecule has 1 N–H and O–H groups in total. The van der Waals surface area contributed by atoms with Crippen molar-refractivity contribution in [3.8, 4) is 0 Å². The third-order valence-electron chi connectivity index (χ3n) is 4.81. The zero-order valence-corrected chi connectivity index (χ0v) is 18.1. The third-order valence-corrected chi connectivity index (χ3v) is 4.81. The largest absolute Gasteiger partial charge is 0.492 e. The van der Waals surface area contributed by atoms with Gasteiger partial charge in [0.15, 0.2) is 0 Å². The van der Waals surface area contributed by atoms with Crippen LogP contribution in [-0.2, 0) is 14.0 Å². The average molecular weight is 391 g/mol. The summed E-state index contributed by atoms with van der Waals surface area (Å²) in [7, 11) is -0.663. The number of carbonyl (C=O) groups is 1. The lowest BCUT2D eigenvalue weighted by molar-refractivity contribution is 0.00578. The predicted octanol–water partition coefficient (Wildman–Crippen LogP) is 4.67. The van der Waals surface area contributed by atoms with Crippen LogP contribution in [0, 0.1) is 12.7 Å². The molecule has 0 atom stereocenters. The van der Waals surface area contributed by atoms with Gasteiger partial charge in [0.2, 0.25) is 0 Å². The standard InChI is InChI=1S/C21H31BFNO4/c1-14-9-15(12-17(23)10-14)11-16(13-24-18(25)26-19(2,3)4)22-27-20(5,6)21(7,8)28-22/h9-12H,13H2,1-8H3,(H,24,25). The fourth-order valence-corrected chi connectivity index (χ4v) is 2.75. The van der Waals surface area contributed by atoms with Gasteiger partial charge in [0, 0.05) is 6.54 Å². The van der Waals surface area contributed by atoms with Gasteiger partial charge in [-0.2, -0.15) is 0 Å². The Morgan fingerprint density at radius 1 is 1.18 bits per heavy atom. The van der Waals surface area contributed by atoms with Crippen LogP contribution in [0.25, 0.3) is 6.08 Å². The van der Waals surface area contributed by atoms with Crippen molar-refractivity contribution in [3.05, 3.63) is 40.6 Å². The molecule has 0 bridgehead atoms. The second-order valence-corrected chi connectivity index (χ2v) is 9.22. The van der Waals surface area contributed by atoms with E-state index in [9.17, 15) is 9.18 Å². The van der Waals surface area contributed by atoms with E-state index in [0.29, 0.717) is 11.0 Å². The number of alkyl carbamates (subject to hydrolysis) is 1. The number of amides is 1. The molecule has 28 heavy (non-hydrogen) atoms. The van der Waals surface area contributed by atoms with E-state index in [0.717, 1.165) is 5.56 Å². The summed E-state index contributed by atoms with van der Waals surface area (Å²) in [4.78, 5) is 12.1. The second kappa shape index (κ2) is 7.87. The summed E-state index contributed by atoms with van der Waals surface area (Å²) in [6.07, 6.45) is 1.25. The van der Waals surface area contributed by atoms with Crippen LogP contribution in [0.2, 0.25) is 0 Å². The summed E-state index contributed by atoms with van der Waals surface area (Å²) in [5.74, 6) is -0.320. The van der Waals surface area contributed by atoms with Crippen molar-refractivity contribution in [3.63, 3.8) is 0 Å². The minimum atomic E-state index is -0.663. The Labute approximate surface area is 167 Å². The molecular weight excluding hydrogens is 360 g/mol. The number of ether oxygens (including phenoxy) is 1. The van der Waals surface area contributed by atoms with Gasteiger partial charge in [0.25, 0.3) is 0 Å². The lowest BCUT2D eigenvalue weighted by atomic mass is 9.77. The van der Waals surface area contributed by atoms with Crippen molar-refractivity contribution in [2.45, 2.75) is 72.2 Å². The molecule has 1 saturated heterocycles. The molecule has 7 heteroatoms. The summed E-state index contributed by atoms with van der Waals surface area (Å²) in [5, 5.41) is 2.74. The number of halogens is 1. The van der Waals surface area contributed by atoms with Crippen LogP contribution in [0.5, 0.6) is 0 Å². The molecule has 1 aromatic rings. The molecule has 0 aromatic heterocycles. The van der Waals surface area contributed by atoms with E-state index >= 15 is 0 Å². The van der Waals surface area contributed by atoms with Gasteiger partial charge in [-0.3, -0.25) is 0 Å². The van der Waals surface area contributed by atoms with Crippen molar-refractivity contribution >= 4 is 19.3 Å². The highest BCUT2D eigenvalue weighted by Crippen LogP contribution is 2.38. The fraction of sp³-hybridized carbons (Fsp3) is 0.571. The van der Waals surface area contributed by atoms with Gasteiger partial charge in [-0.25, -0.2) is 9.18 Å². The number of benzene rings is 1. The number of rotatable bonds is 4. The third kappa shape index (κ3) is 5.82. The van der Waals surface area contributed by atoms with E-state index in [1.165, 1.54) is 12.1 Å². The molecule has 1 aliphatic heterocycles. The van der Waals surface area contributed by atoms with Crippen LogP contribution in [0.15, 0.2) is 23.7 Å². The van der Waals surface area contributed by atoms with Crippen LogP contribution >= 0.6 is 0 Å². The second-order valence-electron chi connectivity index (χ2n) is 9.22.